The molecule has 1 heterocycles. The minimum atomic E-state index is -0.564. The van der Waals surface area contributed by atoms with Crippen molar-refractivity contribution in [1.29, 1.82) is 0 Å². The molecule has 5 nitrogen and oxygen atoms in total. The number of carbonyl (C=O) groups excluding carboxylic acids is 2. The summed E-state index contributed by atoms with van der Waals surface area (Å²) in [6, 6.07) is -0.199. The lowest BCUT2D eigenvalue weighted by Gasteiger charge is -2.12. The molecule has 1 N–H and O–H groups in total. The van der Waals surface area contributed by atoms with Gasteiger partial charge in [0.05, 0.1) is 12.2 Å². The Morgan fingerprint density at radius 3 is 2.53 bits per heavy atom. The molecular formula is C10H15N3O2. The van der Waals surface area contributed by atoms with Crippen LogP contribution in [0.2, 0.25) is 0 Å². The minimum absolute atomic E-state index is 0.199. The second-order valence-electron chi connectivity index (χ2n) is 3.56. The number of nitrogens with zero attached hydrogens (tertiary/aromatic N) is 2. The first-order valence-corrected chi connectivity index (χ1v) is 4.73. The van der Waals surface area contributed by atoms with E-state index in [1.54, 1.807) is 10.9 Å². The van der Waals surface area contributed by atoms with Gasteiger partial charge in [-0.3, -0.25) is 14.3 Å². The Balaban J connectivity index is 2.77. The number of Topliss-reactive ketones (excluding diaryl/α,β-unsaturated/α-hetero) is 1. The molecule has 1 unspecified atom stereocenters. The van der Waals surface area contributed by atoms with Crippen LogP contribution >= 0.6 is 0 Å². The number of hydrogen-bond acceptors (Lipinski definition) is 3. The first-order valence-electron chi connectivity index (χ1n) is 4.73. The molecule has 0 spiro atoms. The fourth-order valence-corrected chi connectivity index (χ4v) is 1.32. The fourth-order valence-electron chi connectivity index (χ4n) is 1.32. The van der Waals surface area contributed by atoms with Crippen molar-refractivity contribution >= 4 is 11.7 Å². The summed E-state index contributed by atoms with van der Waals surface area (Å²) < 4.78 is 1.73. The van der Waals surface area contributed by atoms with E-state index in [1.165, 1.54) is 6.92 Å². The molecule has 0 aromatic carbocycles. The summed E-state index contributed by atoms with van der Waals surface area (Å²) in [7, 11) is 1.83. The predicted molar refractivity (Wildman–Crippen MR) is 55.2 cm³/mol. The lowest BCUT2D eigenvalue weighted by Crippen LogP contribution is -2.31. The molecule has 0 saturated heterocycles. The third kappa shape index (κ3) is 2.43. The number of aromatic nitrogens is 2. The van der Waals surface area contributed by atoms with Gasteiger partial charge >= 0.3 is 0 Å². The predicted octanol–water partition coefficient (Wildman–Crippen LogP) is 0.495. The molecule has 5 heteroatoms. The molecule has 1 atom stereocenters. The molecule has 1 amide bonds. The number of nitrogens with one attached hydrogen (secondary N) is 1. The smallest absolute Gasteiger partial charge is 0.287 e. The minimum Gasteiger partial charge on any atom is -0.343 e. The van der Waals surface area contributed by atoms with Crippen LogP contribution in [0.1, 0.15) is 31.1 Å². The highest BCUT2D eigenvalue weighted by Crippen LogP contribution is 2.15. The van der Waals surface area contributed by atoms with Gasteiger partial charge in [-0.25, -0.2) is 0 Å². The Hall–Kier alpha value is -1.65. The molecule has 0 aliphatic rings. The van der Waals surface area contributed by atoms with Gasteiger partial charge in [-0.1, -0.05) is 0 Å². The number of aryl methyl sites for hydroxylation is 1. The Labute approximate surface area is 88.5 Å². The summed E-state index contributed by atoms with van der Waals surface area (Å²) in [4.78, 5) is 21.9. The first-order chi connectivity index (χ1) is 6.93. The van der Waals surface area contributed by atoms with Crippen molar-refractivity contribution < 1.29 is 9.59 Å². The highest BCUT2D eigenvalue weighted by atomic mass is 16.2. The highest BCUT2D eigenvalue weighted by molar-refractivity contribution is 6.35. The standard InChI is InChI=1S/C10H15N3O2/c1-6(12-10(15)8(3)14)9-5-11-13(4)7(9)2/h5-6H,1-4H3,(H,12,15). The van der Waals surface area contributed by atoms with E-state index in [4.69, 9.17) is 0 Å². The van der Waals surface area contributed by atoms with Crippen LogP contribution in [0.15, 0.2) is 6.20 Å². The largest absolute Gasteiger partial charge is 0.343 e. The molecule has 0 aliphatic heterocycles. The van der Waals surface area contributed by atoms with Crippen LogP contribution in [0, 0.1) is 6.92 Å². The van der Waals surface area contributed by atoms with Gasteiger partial charge in [-0.15, -0.1) is 0 Å². The van der Waals surface area contributed by atoms with Crippen molar-refractivity contribution in [3.8, 4) is 0 Å². The lowest BCUT2D eigenvalue weighted by molar-refractivity contribution is -0.137. The monoisotopic (exact) mass is 209 g/mol. The summed E-state index contributed by atoms with van der Waals surface area (Å²) in [5.74, 6) is -1.05. The fraction of sp³-hybridized carbons (Fsp3) is 0.500. The second kappa shape index (κ2) is 4.25. The molecule has 1 aromatic rings. The van der Waals surface area contributed by atoms with Gasteiger partial charge in [0.15, 0.2) is 0 Å². The van der Waals surface area contributed by atoms with Crippen LogP contribution in [0.3, 0.4) is 0 Å². The van der Waals surface area contributed by atoms with Gasteiger partial charge < -0.3 is 5.32 Å². The Morgan fingerprint density at radius 1 is 1.53 bits per heavy atom. The average Bonchev–Trinajstić information content (AvgIpc) is 2.47. The van der Waals surface area contributed by atoms with E-state index in [9.17, 15) is 9.59 Å². The van der Waals surface area contributed by atoms with Crippen LogP contribution in [-0.4, -0.2) is 21.5 Å². The quantitative estimate of drug-likeness (QED) is 0.737. The molecule has 15 heavy (non-hydrogen) atoms. The van der Waals surface area contributed by atoms with Crippen LogP contribution in [0.5, 0.6) is 0 Å². The van der Waals surface area contributed by atoms with E-state index in [0.717, 1.165) is 11.3 Å². The van der Waals surface area contributed by atoms with Crippen LogP contribution < -0.4 is 5.32 Å². The molecule has 0 bridgehead atoms. The number of rotatable bonds is 3. The number of ketones is 1. The van der Waals surface area contributed by atoms with E-state index in [0.29, 0.717) is 0 Å². The summed E-state index contributed by atoms with van der Waals surface area (Å²) in [6.45, 7) is 4.99. The van der Waals surface area contributed by atoms with Crippen LogP contribution in [0.25, 0.3) is 0 Å². The summed E-state index contributed by atoms with van der Waals surface area (Å²) in [5, 5.41) is 6.68. The van der Waals surface area contributed by atoms with Crippen molar-refractivity contribution in [3.63, 3.8) is 0 Å². The molecule has 82 valence electrons. The lowest BCUT2D eigenvalue weighted by atomic mass is 10.1. The topological polar surface area (TPSA) is 64.0 Å². The molecular weight excluding hydrogens is 194 g/mol. The third-order valence-electron chi connectivity index (χ3n) is 2.41. The number of carbonyl (C=O) groups is 2. The zero-order valence-electron chi connectivity index (χ0n) is 9.37. The zero-order valence-corrected chi connectivity index (χ0v) is 9.37. The van der Waals surface area contributed by atoms with E-state index in [1.807, 2.05) is 20.9 Å². The summed E-state index contributed by atoms with van der Waals surface area (Å²) in [5.41, 5.74) is 1.90. The first kappa shape index (κ1) is 11.4. The van der Waals surface area contributed by atoms with Gasteiger partial charge in [-0.2, -0.15) is 5.10 Å². The van der Waals surface area contributed by atoms with E-state index >= 15 is 0 Å². The zero-order chi connectivity index (χ0) is 11.6. The van der Waals surface area contributed by atoms with Crippen LogP contribution in [-0.2, 0) is 16.6 Å². The van der Waals surface area contributed by atoms with Crippen molar-refractivity contribution in [1.82, 2.24) is 15.1 Å². The number of amides is 1. The van der Waals surface area contributed by atoms with Crippen molar-refractivity contribution in [2.45, 2.75) is 26.8 Å². The maximum Gasteiger partial charge on any atom is 0.287 e. The maximum absolute atomic E-state index is 11.2. The molecule has 0 fully saturated rings. The van der Waals surface area contributed by atoms with Crippen molar-refractivity contribution in [2.75, 3.05) is 0 Å². The summed E-state index contributed by atoms with van der Waals surface area (Å²) in [6.07, 6.45) is 1.69. The van der Waals surface area contributed by atoms with Gasteiger partial charge in [0.1, 0.15) is 0 Å². The van der Waals surface area contributed by atoms with Crippen LogP contribution in [0.4, 0.5) is 0 Å². The Bertz CT molecular complexity index is 395. The Morgan fingerprint density at radius 2 is 2.13 bits per heavy atom. The molecule has 0 radical (unpaired) electrons. The van der Waals surface area contributed by atoms with Gasteiger partial charge in [0, 0.05) is 25.2 Å². The van der Waals surface area contributed by atoms with Gasteiger partial charge in [0.2, 0.25) is 5.78 Å². The number of hydrogen-bond donors (Lipinski definition) is 1. The van der Waals surface area contributed by atoms with Crippen molar-refractivity contribution in [3.05, 3.63) is 17.5 Å². The molecule has 1 aromatic heterocycles. The van der Waals surface area contributed by atoms with Gasteiger partial charge in [-0.05, 0) is 13.8 Å². The molecule has 1 rings (SSSR count). The average molecular weight is 209 g/mol. The SMILES string of the molecule is CC(=O)C(=O)NC(C)c1cnn(C)c1C. The Kier molecular flexibility index (Phi) is 3.24. The van der Waals surface area contributed by atoms with Gasteiger partial charge in [0.25, 0.3) is 5.91 Å². The highest BCUT2D eigenvalue weighted by Gasteiger charge is 2.16. The van der Waals surface area contributed by atoms with E-state index in [2.05, 4.69) is 10.4 Å². The second-order valence-corrected chi connectivity index (χ2v) is 3.56. The van der Waals surface area contributed by atoms with E-state index < -0.39 is 11.7 Å². The summed E-state index contributed by atoms with van der Waals surface area (Å²) >= 11 is 0. The maximum atomic E-state index is 11.2. The molecule has 0 aliphatic carbocycles. The van der Waals surface area contributed by atoms with E-state index in [-0.39, 0.29) is 6.04 Å². The van der Waals surface area contributed by atoms with Crippen molar-refractivity contribution in [2.24, 2.45) is 7.05 Å². The third-order valence-corrected chi connectivity index (χ3v) is 2.41. The normalized spacial score (nSPS) is 12.3. The molecule has 0 saturated carbocycles.